The second kappa shape index (κ2) is 9.30. The predicted molar refractivity (Wildman–Crippen MR) is 108 cm³/mol. The zero-order valence-electron chi connectivity index (χ0n) is 16.5. The van der Waals surface area contributed by atoms with Gasteiger partial charge in [-0.3, -0.25) is 0 Å². The minimum absolute atomic E-state index is 0.0193. The van der Waals surface area contributed by atoms with Crippen LogP contribution in [0.3, 0.4) is 0 Å². The molecule has 0 heterocycles. The monoisotopic (exact) mass is 382 g/mol. The standard InChI is InChI=1S/C24H28F2N2/c1-28(17-14-19-8-3-2-4-9-19)16-7-15-24(18-27,20-10-5-11-20)23-21(25)12-6-13-22(23)26/h2-4,6,8-9,12-13,20H,5,7,10-11,14-17H2,1H3. The Morgan fingerprint density at radius 2 is 1.71 bits per heavy atom. The average Bonchev–Trinajstić information content (AvgIpc) is 2.65. The third-order valence-electron chi connectivity index (χ3n) is 6.15. The fourth-order valence-corrected chi connectivity index (χ4v) is 4.27. The highest BCUT2D eigenvalue weighted by atomic mass is 19.1. The Balaban J connectivity index is 1.65. The van der Waals surface area contributed by atoms with Crippen molar-refractivity contribution < 1.29 is 8.78 Å². The molecular weight excluding hydrogens is 354 g/mol. The van der Waals surface area contributed by atoms with Gasteiger partial charge in [0, 0.05) is 12.1 Å². The van der Waals surface area contributed by atoms with Gasteiger partial charge in [0.05, 0.1) is 11.5 Å². The summed E-state index contributed by atoms with van der Waals surface area (Å²) in [6.07, 6.45) is 4.95. The minimum Gasteiger partial charge on any atom is -0.306 e. The van der Waals surface area contributed by atoms with Crippen LogP contribution in [0.25, 0.3) is 0 Å². The number of nitrogens with zero attached hydrogens (tertiary/aromatic N) is 2. The molecule has 0 N–H and O–H groups in total. The van der Waals surface area contributed by atoms with Crippen LogP contribution in [0, 0.1) is 28.9 Å². The van der Waals surface area contributed by atoms with Gasteiger partial charge < -0.3 is 4.90 Å². The van der Waals surface area contributed by atoms with Gasteiger partial charge in [-0.2, -0.15) is 5.26 Å². The Bertz CT molecular complexity index is 791. The molecule has 1 saturated carbocycles. The largest absolute Gasteiger partial charge is 0.306 e. The lowest BCUT2D eigenvalue weighted by molar-refractivity contribution is 0.180. The summed E-state index contributed by atoms with van der Waals surface area (Å²) in [5, 5.41) is 10.0. The molecule has 3 rings (SSSR count). The van der Waals surface area contributed by atoms with E-state index >= 15 is 0 Å². The molecule has 0 amide bonds. The fraction of sp³-hybridized carbons (Fsp3) is 0.458. The van der Waals surface area contributed by atoms with Gasteiger partial charge in [0.1, 0.15) is 11.6 Å². The molecule has 1 unspecified atom stereocenters. The summed E-state index contributed by atoms with van der Waals surface area (Å²) in [7, 11) is 2.06. The van der Waals surface area contributed by atoms with Gasteiger partial charge in [0.25, 0.3) is 0 Å². The number of halogens is 2. The quantitative estimate of drug-likeness (QED) is 0.574. The van der Waals surface area contributed by atoms with E-state index < -0.39 is 17.0 Å². The third-order valence-corrected chi connectivity index (χ3v) is 6.15. The zero-order valence-corrected chi connectivity index (χ0v) is 16.5. The second-order valence-electron chi connectivity index (χ2n) is 7.95. The molecule has 4 heteroatoms. The lowest BCUT2D eigenvalue weighted by Crippen LogP contribution is -2.40. The van der Waals surface area contributed by atoms with Crippen LogP contribution >= 0.6 is 0 Å². The number of likely N-dealkylation sites (N-methyl/N-ethyl adjacent to an activating group) is 1. The molecule has 0 bridgehead atoms. The highest BCUT2D eigenvalue weighted by Crippen LogP contribution is 2.48. The third kappa shape index (κ3) is 4.42. The second-order valence-corrected chi connectivity index (χ2v) is 7.95. The molecule has 28 heavy (non-hydrogen) atoms. The summed E-state index contributed by atoms with van der Waals surface area (Å²) >= 11 is 0. The first-order valence-corrected chi connectivity index (χ1v) is 10.1. The van der Waals surface area contributed by atoms with Crippen LogP contribution in [0.4, 0.5) is 8.78 Å². The molecule has 0 saturated heterocycles. The van der Waals surface area contributed by atoms with Gasteiger partial charge in [-0.05, 0) is 69.3 Å². The van der Waals surface area contributed by atoms with Crippen molar-refractivity contribution in [3.05, 3.63) is 71.3 Å². The molecule has 148 valence electrons. The van der Waals surface area contributed by atoms with E-state index in [9.17, 15) is 14.0 Å². The maximum atomic E-state index is 14.5. The molecule has 2 aromatic rings. The summed E-state index contributed by atoms with van der Waals surface area (Å²) < 4.78 is 29.1. The molecule has 1 atom stereocenters. The van der Waals surface area contributed by atoms with Gasteiger partial charge >= 0.3 is 0 Å². The van der Waals surface area contributed by atoms with E-state index in [1.807, 2.05) is 18.2 Å². The highest BCUT2D eigenvalue weighted by Gasteiger charge is 2.46. The van der Waals surface area contributed by atoms with E-state index in [2.05, 4.69) is 30.1 Å². The number of hydrogen-bond donors (Lipinski definition) is 0. The van der Waals surface area contributed by atoms with E-state index in [1.54, 1.807) is 0 Å². The number of hydrogen-bond acceptors (Lipinski definition) is 2. The maximum Gasteiger partial charge on any atom is 0.130 e. The van der Waals surface area contributed by atoms with E-state index in [0.29, 0.717) is 6.42 Å². The van der Waals surface area contributed by atoms with Crippen molar-refractivity contribution in [3.63, 3.8) is 0 Å². The Hall–Kier alpha value is -2.25. The van der Waals surface area contributed by atoms with E-state index in [1.165, 1.54) is 23.8 Å². The van der Waals surface area contributed by atoms with Crippen LogP contribution < -0.4 is 0 Å². The molecule has 2 aromatic carbocycles. The summed E-state index contributed by atoms with van der Waals surface area (Å²) in [4.78, 5) is 2.23. The molecule has 0 radical (unpaired) electrons. The molecule has 0 aromatic heterocycles. The summed E-state index contributed by atoms with van der Waals surface area (Å²) in [6.45, 7) is 1.72. The van der Waals surface area contributed by atoms with Crippen LogP contribution in [-0.4, -0.2) is 25.0 Å². The topological polar surface area (TPSA) is 27.0 Å². The van der Waals surface area contributed by atoms with Crippen molar-refractivity contribution in [1.29, 1.82) is 5.26 Å². The highest BCUT2D eigenvalue weighted by molar-refractivity contribution is 5.37. The SMILES string of the molecule is CN(CCCC(C#N)(c1c(F)cccc1F)C1CCC1)CCc1ccccc1. The Morgan fingerprint density at radius 3 is 2.29 bits per heavy atom. The van der Waals surface area contributed by atoms with Crippen LogP contribution in [-0.2, 0) is 11.8 Å². The molecule has 1 aliphatic rings. The van der Waals surface area contributed by atoms with E-state index in [4.69, 9.17) is 0 Å². The number of rotatable bonds is 9. The minimum atomic E-state index is -1.06. The lowest BCUT2D eigenvalue weighted by atomic mass is 9.60. The molecular formula is C24H28F2N2. The van der Waals surface area contributed by atoms with Gasteiger partial charge in [-0.15, -0.1) is 0 Å². The van der Waals surface area contributed by atoms with Gasteiger partial charge in [-0.25, -0.2) is 8.78 Å². The van der Waals surface area contributed by atoms with E-state index in [0.717, 1.165) is 45.2 Å². The number of benzene rings is 2. The Labute approximate surface area is 166 Å². The van der Waals surface area contributed by atoms with Crippen LogP contribution in [0.5, 0.6) is 0 Å². The Kier molecular flexibility index (Phi) is 6.80. The van der Waals surface area contributed by atoms with Crippen molar-refractivity contribution >= 4 is 0 Å². The van der Waals surface area contributed by atoms with Gasteiger partial charge in [-0.1, -0.05) is 42.8 Å². The van der Waals surface area contributed by atoms with Gasteiger partial charge in [0.2, 0.25) is 0 Å². The van der Waals surface area contributed by atoms with Crippen molar-refractivity contribution in [1.82, 2.24) is 4.90 Å². The first-order chi connectivity index (χ1) is 13.6. The van der Waals surface area contributed by atoms with Gasteiger partial charge in [0.15, 0.2) is 0 Å². The van der Waals surface area contributed by atoms with Crippen LogP contribution in [0.1, 0.15) is 43.2 Å². The maximum absolute atomic E-state index is 14.5. The summed E-state index contributed by atoms with van der Waals surface area (Å²) in [5.74, 6) is -1.14. The lowest BCUT2D eigenvalue weighted by Gasteiger charge is -2.41. The first-order valence-electron chi connectivity index (χ1n) is 10.1. The van der Waals surface area contributed by atoms with Crippen molar-refractivity contribution in [3.8, 4) is 6.07 Å². The summed E-state index contributed by atoms with van der Waals surface area (Å²) in [5.41, 5.74) is 0.214. The molecule has 2 nitrogen and oxygen atoms in total. The van der Waals surface area contributed by atoms with Crippen LogP contribution in [0.2, 0.25) is 0 Å². The Morgan fingerprint density at radius 1 is 1.04 bits per heavy atom. The van der Waals surface area contributed by atoms with Crippen molar-refractivity contribution in [2.45, 2.75) is 43.9 Å². The average molecular weight is 382 g/mol. The first kappa shape index (κ1) is 20.5. The molecule has 0 aliphatic heterocycles. The zero-order chi connectivity index (χ0) is 20.0. The normalized spacial score (nSPS) is 16.4. The molecule has 0 spiro atoms. The van der Waals surface area contributed by atoms with E-state index in [-0.39, 0.29) is 11.5 Å². The fourth-order valence-electron chi connectivity index (χ4n) is 4.27. The van der Waals surface area contributed by atoms with Crippen LogP contribution in [0.15, 0.2) is 48.5 Å². The smallest absolute Gasteiger partial charge is 0.130 e. The molecule has 1 fully saturated rings. The molecule has 1 aliphatic carbocycles. The van der Waals surface area contributed by atoms with Crippen molar-refractivity contribution in [2.24, 2.45) is 5.92 Å². The summed E-state index contributed by atoms with van der Waals surface area (Å²) in [6, 6.07) is 16.6. The predicted octanol–water partition coefficient (Wildman–Crippen LogP) is 5.48. The number of nitriles is 1. The van der Waals surface area contributed by atoms with Crippen molar-refractivity contribution in [2.75, 3.05) is 20.1 Å².